The van der Waals surface area contributed by atoms with Gasteiger partial charge in [0.2, 0.25) is 0 Å². The largest absolute Gasteiger partial charge is 0.306 e. The van der Waals surface area contributed by atoms with E-state index in [9.17, 15) is 0 Å². The van der Waals surface area contributed by atoms with E-state index in [1.165, 1.54) is 10.9 Å². The van der Waals surface area contributed by atoms with Gasteiger partial charge in [0.05, 0.1) is 5.52 Å². The molecule has 1 atom stereocenters. The van der Waals surface area contributed by atoms with Gasteiger partial charge >= 0.3 is 0 Å². The number of para-hydroxylation sites is 1. The monoisotopic (exact) mass is 276 g/mol. The zero-order chi connectivity index (χ0) is 14.0. The van der Waals surface area contributed by atoms with E-state index in [2.05, 4.69) is 48.4 Å². The molecule has 1 unspecified atom stereocenters. The fourth-order valence-electron chi connectivity index (χ4n) is 2.00. The first-order chi connectivity index (χ1) is 8.90. The van der Waals surface area contributed by atoms with Crippen LogP contribution in [0.1, 0.15) is 32.0 Å². The molecule has 0 aliphatic heterocycles. The van der Waals surface area contributed by atoms with Crippen molar-refractivity contribution in [1.82, 2.24) is 10.3 Å². The van der Waals surface area contributed by atoms with Crippen LogP contribution in [0.2, 0.25) is 0 Å². The van der Waals surface area contributed by atoms with Crippen LogP contribution in [0.3, 0.4) is 0 Å². The molecule has 102 valence electrons. The number of alkyl halides is 1. The van der Waals surface area contributed by atoms with Crippen molar-refractivity contribution in [1.29, 1.82) is 0 Å². The van der Waals surface area contributed by atoms with Gasteiger partial charge in [-0.05, 0) is 45.4 Å². The van der Waals surface area contributed by atoms with E-state index >= 15 is 0 Å². The molecule has 1 heterocycles. The van der Waals surface area contributed by atoms with Crippen LogP contribution in [0.4, 0.5) is 0 Å². The molecule has 2 rings (SSSR count). The number of hydrogen-bond acceptors (Lipinski definition) is 2. The van der Waals surface area contributed by atoms with Gasteiger partial charge in [-0.1, -0.05) is 18.2 Å². The van der Waals surface area contributed by atoms with Gasteiger partial charge in [0.25, 0.3) is 0 Å². The molecule has 3 heteroatoms. The van der Waals surface area contributed by atoms with E-state index in [-0.39, 0.29) is 10.9 Å². The van der Waals surface area contributed by atoms with Crippen molar-refractivity contribution < 1.29 is 0 Å². The van der Waals surface area contributed by atoms with Crippen molar-refractivity contribution in [2.75, 3.05) is 0 Å². The maximum Gasteiger partial charge on any atom is 0.0708 e. The number of halogens is 1. The molecular formula is C16H21ClN2. The van der Waals surface area contributed by atoms with E-state index in [0.717, 1.165) is 17.8 Å². The fourth-order valence-corrected chi connectivity index (χ4v) is 2.08. The number of aryl methyl sites for hydroxylation is 1. The number of rotatable bonds is 4. The van der Waals surface area contributed by atoms with Gasteiger partial charge in [-0.3, -0.25) is 4.98 Å². The predicted molar refractivity (Wildman–Crippen MR) is 82.7 cm³/mol. The molecule has 0 aliphatic carbocycles. The van der Waals surface area contributed by atoms with Gasteiger partial charge in [-0.25, -0.2) is 0 Å². The summed E-state index contributed by atoms with van der Waals surface area (Å²) in [6, 6.07) is 10.4. The third-order valence-corrected chi connectivity index (χ3v) is 4.20. The Balaban J connectivity index is 2.30. The summed E-state index contributed by atoms with van der Waals surface area (Å²) in [5.74, 6) is 0. The summed E-state index contributed by atoms with van der Waals surface area (Å²) in [7, 11) is 0. The van der Waals surface area contributed by atoms with Crippen molar-refractivity contribution in [3.05, 3.63) is 41.6 Å². The second kappa shape index (κ2) is 5.48. The highest BCUT2D eigenvalue weighted by atomic mass is 35.5. The van der Waals surface area contributed by atoms with Gasteiger partial charge in [0.15, 0.2) is 0 Å². The molecule has 0 bridgehead atoms. The second-order valence-corrected chi connectivity index (χ2v) is 6.29. The van der Waals surface area contributed by atoms with E-state index in [0.29, 0.717) is 0 Å². The number of nitrogens with zero attached hydrogens (tertiary/aromatic N) is 1. The molecule has 1 aromatic heterocycles. The third-order valence-electron chi connectivity index (χ3n) is 3.66. The van der Waals surface area contributed by atoms with E-state index in [1.807, 2.05) is 19.9 Å². The van der Waals surface area contributed by atoms with Crippen LogP contribution >= 0.6 is 11.6 Å². The number of hydrogen-bond donors (Lipinski definition) is 1. The van der Waals surface area contributed by atoms with Crippen LogP contribution in [-0.4, -0.2) is 15.9 Å². The van der Waals surface area contributed by atoms with Crippen molar-refractivity contribution in [3.8, 4) is 0 Å². The Kier molecular flexibility index (Phi) is 4.12. The van der Waals surface area contributed by atoms with Gasteiger partial charge in [0.1, 0.15) is 0 Å². The maximum absolute atomic E-state index is 6.21. The summed E-state index contributed by atoms with van der Waals surface area (Å²) < 4.78 is 0. The van der Waals surface area contributed by atoms with Gasteiger partial charge < -0.3 is 5.32 Å². The maximum atomic E-state index is 6.21. The minimum atomic E-state index is -0.0974. The molecule has 0 fully saturated rings. The lowest BCUT2D eigenvalue weighted by Crippen LogP contribution is -2.45. The average molecular weight is 277 g/mol. The minimum absolute atomic E-state index is 0.0710. The molecule has 1 aromatic carbocycles. The lowest BCUT2D eigenvalue weighted by atomic mass is 10.00. The highest BCUT2D eigenvalue weighted by Gasteiger charge is 2.23. The van der Waals surface area contributed by atoms with E-state index in [1.54, 1.807) is 0 Å². The number of aromatic nitrogens is 1. The molecule has 0 aliphatic rings. The zero-order valence-corrected chi connectivity index (χ0v) is 12.8. The van der Waals surface area contributed by atoms with E-state index < -0.39 is 0 Å². The Morgan fingerprint density at radius 3 is 2.68 bits per heavy atom. The summed E-state index contributed by atoms with van der Waals surface area (Å²) in [6.45, 7) is 9.10. The Morgan fingerprint density at radius 1 is 1.32 bits per heavy atom. The molecule has 0 saturated carbocycles. The Morgan fingerprint density at radius 2 is 2.00 bits per heavy atom. The van der Waals surface area contributed by atoms with E-state index in [4.69, 9.17) is 11.6 Å². The van der Waals surface area contributed by atoms with Crippen LogP contribution in [0.5, 0.6) is 0 Å². The quantitative estimate of drug-likeness (QED) is 0.853. The number of nitrogens with one attached hydrogen (secondary N) is 1. The SMILES string of the molecule is Cc1cc(CNC(C)(C)C(C)Cl)c2ccccc2n1. The van der Waals surface area contributed by atoms with Crippen LogP contribution in [0.25, 0.3) is 10.9 Å². The molecule has 1 N–H and O–H groups in total. The van der Waals surface area contributed by atoms with Gasteiger partial charge in [-0.2, -0.15) is 0 Å². The van der Waals surface area contributed by atoms with Crippen molar-refractivity contribution in [2.24, 2.45) is 0 Å². The minimum Gasteiger partial charge on any atom is -0.306 e. The molecule has 0 spiro atoms. The Labute approximate surface area is 120 Å². The Hall–Kier alpha value is -1.12. The molecule has 19 heavy (non-hydrogen) atoms. The van der Waals surface area contributed by atoms with Crippen LogP contribution in [0, 0.1) is 6.92 Å². The molecule has 2 nitrogen and oxygen atoms in total. The van der Waals surface area contributed by atoms with Crippen molar-refractivity contribution >= 4 is 22.5 Å². The van der Waals surface area contributed by atoms with Gasteiger partial charge in [-0.15, -0.1) is 11.6 Å². The summed E-state index contributed by atoms with van der Waals surface area (Å²) in [5, 5.41) is 4.81. The fraction of sp³-hybridized carbons (Fsp3) is 0.438. The lowest BCUT2D eigenvalue weighted by Gasteiger charge is -2.29. The van der Waals surface area contributed by atoms with Gasteiger partial charge in [0, 0.05) is 28.5 Å². The number of benzene rings is 1. The lowest BCUT2D eigenvalue weighted by molar-refractivity contribution is 0.381. The van der Waals surface area contributed by atoms with Crippen LogP contribution in [-0.2, 0) is 6.54 Å². The first-order valence-corrected chi connectivity index (χ1v) is 7.08. The molecular weight excluding hydrogens is 256 g/mol. The number of pyridine rings is 1. The second-order valence-electron chi connectivity index (χ2n) is 5.63. The molecule has 2 aromatic rings. The van der Waals surface area contributed by atoms with Crippen molar-refractivity contribution in [3.63, 3.8) is 0 Å². The zero-order valence-electron chi connectivity index (χ0n) is 12.0. The predicted octanol–water partition coefficient (Wildman–Crippen LogP) is 4.04. The highest BCUT2D eigenvalue weighted by Crippen LogP contribution is 2.20. The smallest absolute Gasteiger partial charge is 0.0708 e. The first-order valence-electron chi connectivity index (χ1n) is 6.64. The molecule has 0 radical (unpaired) electrons. The highest BCUT2D eigenvalue weighted by molar-refractivity contribution is 6.21. The number of fused-ring (bicyclic) bond motifs is 1. The summed E-state index contributed by atoms with van der Waals surface area (Å²) in [4.78, 5) is 4.56. The molecule has 0 amide bonds. The normalized spacial score (nSPS) is 13.7. The van der Waals surface area contributed by atoms with Crippen LogP contribution < -0.4 is 5.32 Å². The summed E-state index contributed by atoms with van der Waals surface area (Å²) in [5.41, 5.74) is 3.27. The average Bonchev–Trinajstić information content (AvgIpc) is 2.35. The first kappa shape index (κ1) is 14.3. The summed E-state index contributed by atoms with van der Waals surface area (Å²) in [6.07, 6.45) is 0. The third kappa shape index (κ3) is 3.26. The molecule has 0 saturated heterocycles. The standard InChI is InChI=1S/C16H21ClN2/c1-11-9-13(10-18-16(3,4)12(2)17)14-7-5-6-8-15(14)19-11/h5-9,12,18H,10H2,1-4H3. The van der Waals surface area contributed by atoms with Crippen molar-refractivity contribution in [2.45, 2.75) is 45.2 Å². The topological polar surface area (TPSA) is 24.9 Å². The van der Waals surface area contributed by atoms with Crippen LogP contribution in [0.15, 0.2) is 30.3 Å². The summed E-state index contributed by atoms with van der Waals surface area (Å²) >= 11 is 6.21. The Bertz CT molecular complexity index is 576.